The van der Waals surface area contributed by atoms with Gasteiger partial charge in [-0.3, -0.25) is 4.90 Å². The molecular weight excluding hydrogens is 178 g/mol. The molecule has 3 unspecified atom stereocenters. The molecule has 0 aromatic heterocycles. The number of nitrogens with zero attached hydrogens (tertiary/aromatic N) is 1. The summed E-state index contributed by atoms with van der Waals surface area (Å²) in [6.45, 7) is 6.19. The highest BCUT2D eigenvalue weighted by atomic mass is 16.5. The van der Waals surface area contributed by atoms with E-state index in [1.54, 1.807) is 7.11 Å². The molecule has 1 aliphatic rings. The monoisotopic (exact) mass is 201 g/mol. The lowest BCUT2D eigenvalue weighted by atomic mass is 10.0. The molecule has 0 aromatic rings. The van der Waals surface area contributed by atoms with Crippen LogP contribution in [0.15, 0.2) is 0 Å². The summed E-state index contributed by atoms with van der Waals surface area (Å²) in [5, 5.41) is 9.76. The summed E-state index contributed by atoms with van der Waals surface area (Å²) >= 11 is 0. The summed E-state index contributed by atoms with van der Waals surface area (Å²) in [5.41, 5.74) is 0. The molecular formula is C11H23NO2. The van der Waals surface area contributed by atoms with Crippen LogP contribution < -0.4 is 0 Å². The molecule has 0 spiro atoms. The first kappa shape index (κ1) is 12.0. The lowest BCUT2D eigenvalue weighted by Crippen LogP contribution is -2.48. The fraction of sp³-hybridized carbons (Fsp3) is 1.00. The average Bonchev–Trinajstić information content (AvgIpc) is 2.27. The van der Waals surface area contributed by atoms with E-state index in [1.165, 1.54) is 6.42 Å². The van der Waals surface area contributed by atoms with E-state index in [0.29, 0.717) is 6.10 Å². The Labute approximate surface area is 87.1 Å². The molecule has 1 aliphatic heterocycles. The predicted molar refractivity (Wildman–Crippen MR) is 57.4 cm³/mol. The zero-order valence-corrected chi connectivity index (χ0v) is 9.57. The van der Waals surface area contributed by atoms with E-state index in [-0.39, 0.29) is 12.1 Å². The molecule has 0 aliphatic carbocycles. The summed E-state index contributed by atoms with van der Waals surface area (Å²) in [6, 6.07) is 0.262. The molecule has 1 rings (SSSR count). The topological polar surface area (TPSA) is 32.7 Å². The number of hydrogen-bond acceptors (Lipinski definition) is 3. The number of hydrogen-bond donors (Lipinski definition) is 1. The molecule has 0 saturated carbocycles. The van der Waals surface area contributed by atoms with Gasteiger partial charge in [-0.25, -0.2) is 0 Å². The standard InChI is InChI=1S/C11H23NO2/c1-4-11(13)9(2)12-7-5-6-10(8-12)14-3/h9-11,13H,4-8H2,1-3H3. The normalized spacial score (nSPS) is 28.7. The van der Waals surface area contributed by atoms with Gasteiger partial charge in [0.05, 0.1) is 12.2 Å². The predicted octanol–water partition coefficient (Wildman–Crippen LogP) is 1.26. The van der Waals surface area contributed by atoms with Gasteiger partial charge < -0.3 is 9.84 Å². The maximum atomic E-state index is 9.76. The maximum Gasteiger partial charge on any atom is 0.0698 e. The minimum atomic E-state index is -0.203. The van der Waals surface area contributed by atoms with E-state index in [4.69, 9.17) is 4.74 Å². The zero-order chi connectivity index (χ0) is 10.6. The first-order chi connectivity index (χ1) is 6.69. The molecule has 3 heteroatoms. The molecule has 1 fully saturated rings. The highest BCUT2D eigenvalue weighted by Gasteiger charge is 2.26. The third kappa shape index (κ3) is 2.94. The Morgan fingerprint density at radius 1 is 1.57 bits per heavy atom. The zero-order valence-electron chi connectivity index (χ0n) is 9.57. The molecule has 3 atom stereocenters. The number of piperidine rings is 1. The van der Waals surface area contributed by atoms with Crippen molar-refractivity contribution in [2.75, 3.05) is 20.2 Å². The second-order valence-electron chi connectivity index (χ2n) is 4.21. The highest BCUT2D eigenvalue weighted by Crippen LogP contribution is 2.17. The minimum absolute atomic E-state index is 0.203. The molecule has 0 bridgehead atoms. The van der Waals surface area contributed by atoms with Gasteiger partial charge in [0.25, 0.3) is 0 Å². The largest absolute Gasteiger partial charge is 0.392 e. The number of methoxy groups -OCH3 is 1. The van der Waals surface area contributed by atoms with Crippen molar-refractivity contribution in [3.05, 3.63) is 0 Å². The SMILES string of the molecule is CCC(O)C(C)N1CCCC(OC)C1. The van der Waals surface area contributed by atoms with Crippen LogP contribution in [-0.2, 0) is 4.74 Å². The van der Waals surface area contributed by atoms with E-state index in [1.807, 2.05) is 6.92 Å². The summed E-state index contributed by atoms with van der Waals surface area (Å²) in [4.78, 5) is 2.34. The lowest BCUT2D eigenvalue weighted by molar-refractivity contribution is -0.0147. The first-order valence-electron chi connectivity index (χ1n) is 5.64. The summed E-state index contributed by atoms with van der Waals surface area (Å²) < 4.78 is 5.36. The Balaban J connectivity index is 2.42. The number of aliphatic hydroxyl groups is 1. The van der Waals surface area contributed by atoms with Crippen LogP contribution >= 0.6 is 0 Å². The maximum absolute atomic E-state index is 9.76. The Hall–Kier alpha value is -0.120. The van der Waals surface area contributed by atoms with Crippen LogP contribution in [0.2, 0.25) is 0 Å². The van der Waals surface area contributed by atoms with Crippen LogP contribution in [0.25, 0.3) is 0 Å². The van der Waals surface area contributed by atoms with E-state index in [2.05, 4.69) is 11.8 Å². The van der Waals surface area contributed by atoms with Gasteiger partial charge in [0.15, 0.2) is 0 Å². The molecule has 0 radical (unpaired) electrons. The van der Waals surface area contributed by atoms with Crippen LogP contribution in [-0.4, -0.2) is 48.5 Å². The van der Waals surface area contributed by atoms with Gasteiger partial charge in [0, 0.05) is 19.7 Å². The van der Waals surface area contributed by atoms with Crippen LogP contribution in [0, 0.1) is 0 Å². The average molecular weight is 201 g/mol. The minimum Gasteiger partial charge on any atom is -0.392 e. The van der Waals surface area contributed by atoms with Crippen molar-refractivity contribution in [3.8, 4) is 0 Å². The van der Waals surface area contributed by atoms with E-state index in [0.717, 1.165) is 25.9 Å². The van der Waals surface area contributed by atoms with E-state index in [9.17, 15) is 5.11 Å². The molecule has 14 heavy (non-hydrogen) atoms. The Kier molecular flexibility index (Phi) is 4.85. The number of likely N-dealkylation sites (tertiary alicyclic amines) is 1. The van der Waals surface area contributed by atoms with E-state index < -0.39 is 0 Å². The van der Waals surface area contributed by atoms with Crippen LogP contribution in [0.1, 0.15) is 33.1 Å². The van der Waals surface area contributed by atoms with Crippen molar-refractivity contribution < 1.29 is 9.84 Å². The van der Waals surface area contributed by atoms with Crippen LogP contribution in [0.4, 0.5) is 0 Å². The fourth-order valence-electron chi connectivity index (χ4n) is 2.11. The fourth-order valence-corrected chi connectivity index (χ4v) is 2.11. The Morgan fingerprint density at radius 2 is 2.29 bits per heavy atom. The van der Waals surface area contributed by atoms with Gasteiger partial charge in [0.2, 0.25) is 0 Å². The molecule has 1 saturated heterocycles. The van der Waals surface area contributed by atoms with Crippen LogP contribution in [0.5, 0.6) is 0 Å². The highest BCUT2D eigenvalue weighted by molar-refractivity contribution is 4.80. The van der Waals surface area contributed by atoms with Gasteiger partial charge in [-0.1, -0.05) is 6.92 Å². The van der Waals surface area contributed by atoms with Gasteiger partial charge in [-0.15, -0.1) is 0 Å². The number of rotatable bonds is 4. The summed E-state index contributed by atoms with van der Waals surface area (Å²) in [6.07, 6.45) is 3.32. The molecule has 0 amide bonds. The van der Waals surface area contributed by atoms with Crippen molar-refractivity contribution >= 4 is 0 Å². The van der Waals surface area contributed by atoms with Crippen LogP contribution in [0.3, 0.4) is 0 Å². The molecule has 84 valence electrons. The summed E-state index contributed by atoms with van der Waals surface area (Å²) in [7, 11) is 1.77. The third-order valence-corrected chi connectivity index (χ3v) is 3.29. The van der Waals surface area contributed by atoms with Crippen molar-refractivity contribution in [3.63, 3.8) is 0 Å². The Bertz CT molecular complexity index is 161. The van der Waals surface area contributed by atoms with Gasteiger partial charge in [-0.05, 0) is 32.7 Å². The lowest BCUT2D eigenvalue weighted by Gasteiger charge is -2.37. The number of ether oxygens (including phenoxy) is 1. The van der Waals surface area contributed by atoms with Gasteiger partial charge in [0.1, 0.15) is 0 Å². The Morgan fingerprint density at radius 3 is 2.86 bits per heavy atom. The molecule has 3 nitrogen and oxygen atoms in total. The smallest absolute Gasteiger partial charge is 0.0698 e. The molecule has 0 aromatic carbocycles. The quantitative estimate of drug-likeness (QED) is 0.743. The number of aliphatic hydroxyl groups excluding tert-OH is 1. The van der Waals surface area contributed by atoms with Gasteiger partial charge in [-0.2, -0.15) is 0 Å². The van der Waals surface area contributed by atoms with Gasteiger partial charge >= 0.3 is 0 Å². The van der Waals surface area contributed by atoms with Crippen molar-refractivity contribution in [1.82, 2.24) is 4.90 Å². The van der Waals surface area contributed by atoms with Crippen molar-refractivity contribution in [2.24, 2.45) is 0 Å². The first-order valence-corrected chi connectivity index (χ1v) is 5.64. The molecule has 1 heterocycles. The van der Waals surface area contributed by atoms with Crippen molar-refractivity contribution in [2.45, 2.75) is 51.4 Å². The third-order valence-electron chi connectivity index (χ3n) is 3.29. The van der Waals surface area contributed by atoms with E-state index >= 15 is 0 Å². The second-order valence-corrected chi connectivity index (χ2v) is 4.21. The summed E-state index contributed by atoms with van der Waals surface area (Å²) in [5.74, 6) is 0. The van der Waals surface area contributed by atoms with Crippen molar-refractivity contribution in [1.29, 1.82) is 0 Å². The second kappa shape index (κ2) is 5.69. The molecule has 1 N–H and O–H groups in total.